The van der Waals surface area contributed by atoms with Crippen molar-refractivity contribution in [3.8, 4) is 0 Å². The van der Waals surface area contributed by atoms with E-state index in [9.17, 15) is 15.3 Å². The normalized spacial score (nSPS) is 33.6. The lowest BCUT2D eigenvalue weighted by Gasteiger charge is -2.38. The van der Waals surface area contributed by atoms with Crippen LogP contribution in [0.5, 0.6) is 0 Å². The first-order chi connectivity index (χ1) is 11.5. The average Bonchev–Trinajstić information content (AvgIpc) is 2.39. The Bertz CT molecular complexity index is 409. The lowest BCUT2D eigenvalue weighted by molar-refractivity contribution is -0.953. The van der Waals surface area contributed by atoms with Crippen molar-refractivity contribution in [2.45, 2.75) is 18.3 Å². The molecule has 26 heavy (non-hydrogen) atoms. The first-order valence-corrected chi connectivity index (χ1v) is 9.83. The largest absolute Gasteiger partial charge is 0.382 e. The smallest absolute Gasteiger partial charge is 0.152 e. The van der Waals surface area contributed by atoms with Crippen molar-refractivity contribution in [3.63, 3.8) is 0 Å². The second-order valence-electron chi connectivity index (χ2n) is 11.3. The van der Waals surface area contributed by atoms with Crippen LogP contribution in [0.2, 0.25) is 0 Å². The van der Waals surface area contributed by atoms with E-state index in [1.54, 1.807) is 0 Å². The van der Waals surface area contributed by atoms with Crippen LogP contribution in [-0.4, -0.2) is 160 Å². The molecular formula is C19H46N4O3+4. The maximum atomic E-state index is 10.6. The number of aliphatic hydroxyl groups is 3. The summed E-state index contributed by atoms with van der Waals surface area (Å²) in [6, 6.07) is 0. The Labute approximate surface area is 161 Å². The molecule has 1 heterocycles. The Morgan fingerprint density at radius 3 is 1.35 bits per heavy atom. The molecule has 1 saturated heterocycles. The summed E-state index contributed by atoms with van der Waals surface area (Å²) >= 11 is 0. The van der Waals surface area contributed by atoms with Gasteiger partial charge in [-0.2, -0.15) is 0 Å². The van der Waals surface area contributed by atoms with Gasteiger partial charge in [0.25, 0.3) is 0 Å². The van der Waals surface area contributed by atoms with Crippen LogP contribution in [0.25, 0.3) is 0 Å². The number of likely N-dealkylation sites (N-methyl/N-ethyl adjacent to an activating group) is 4. The van der Waals surface area contributed by atoms with Gasteiger partial charge in [0.2, 0.25) is 0 Å². The third kappa shape index (κ3) is 9.08. The SMILES string of the molecule is C[N+](C)(C)CC(O)C[N+]1(C)CC[N+](C)(CC(O)C[N+](C)(C)C)CC(O)C1. The zero-order valence-electron chi connectivity index (χ0n) is 18.5. The highest BCUT2D eigenvalue weighted by atomic mass is 16.3. The topological polar surface area (TPSA) is 60.7 Å². The zero-order chi connectivity index (χ0) is 20.4. The van der Waals surface area contributed by atoms with Crippen LogP contribution in [-0.2, 0) is 0 Å². The first-order valence-electron chi connectivity index (χ1n) is 9.83. The molecule has 1 fully saturated rings. The molecule has 1 aliphatic heterocycles. The van der Waals surface area contributed by atoms with Gasteiger partial charge in [-0.1, -0.05) is 0 Å². The molecule has 0 aromatic rings. The molecule has 3 N–H and O–H groups in total. The molecule has 4 unspecified atom stereocenters. The fourth-order valence-electron chi connectivity index (χ4n) is 4.47. The lowest BCUT2D eigenvalue weighted by atomic mass is 10.2. The van der Waals surface area contributed by atoms with Crippen molar-refractivity contribution in [2.75, 3.05) is 109 Å². The van der Waals surface area contributed by atoms with Crippen molar-refractivity contribution >= 4 is 0 Å². The van der Waals surface area contributed by atoms with E-state index in [-0.39, 0.29) is 12.2 Å². The van der Waals surface area contributed by atoms with Crippen LogP contribution in [0.1, 0.15) is 0 Å². The van der Waals surface area contributed by atoms with Crippen molar-refractivity contribution < 1.29 is 33.3 Å². The minimum atomic E-state index is -0.417. The van der Waals surface area contributed by atoms with E-state index in [1.165, 1.54) is 0 Å². The minimum Gasteiger partial charge on any atom is -0.382 e. The zero-order valence-corrected chi connectivity index (χ0v) is 18.5. The van der Waals surface area contributed by atoms with Gasteiger partial charge in [-0.05, 0) is 0 Å². The second-order valence-corrected chi connectivity index (χ2v) is 11.3. The Kier molecular flexibility index (Phi) is 7.67. The van der Waals surface area contributed by atoms with Gasteiger partial charge >= 0.3 is 0 Å². The quantitative estimate of drug-likeness (QED) is 0.446. The molecule has 0 aromatic carbocycles. The highest BCUT2D eigenvalue weighted by Crippen LogP contribution is 2.18. The van der Waals surface area contributed by atoms with Crippen molar-refractivity contribution in [1.29, 1.82) is 0 Å². The molecule has 1 aliphatic rings. The van der Waals surface area contributed by atoms with Gasteiger partial charge in [-0.25, -0.2) is 0 Å². The van der Waals surface area contributed by atoms with Crippen molar-refractivity contribution in [3.05, 3.63) is 0 Å². The van der Waals surface area contributed by atoms with E-state index in [0.29, 0.717) is 48.2 Å². The molecule has 0 saturated carbocycles. The van der Waals surface area contributed by atoms with E-state index in [2.05, 4.69) is 56.4 Å². The van der Waals surface area contributed by atoms with Crippen LogP contribution < -0.4 is 0 Å². The van der Waals surface area contributed by atoms with Gasteiger partial charge in [0, 0.05) is 0 Å². The molecule has 7 nitrogen and oxygen atoms in total. The van der Waals surface area contributed by atoms with Crippen molar-refractivity contribution in [1.82, 2.24) is 0 Å². The van der Waals surface area contributed by atoms with E-state index in [1.807, 2.05) is 0 Å². The number of hydrogen-bond acceptors (Lipinski definition) is 3. The van der Waals surface area contributed by atoms with Crippen LogP contribution >= 0.6 is 0 Å². The summed E-state index contributed by atoms with van der Waals surface area (Å²) in [6.07, 6.45) is -1.18. The number of rotatable bonds is 8. The van der Waals surface area contributed by atoms with E-state index >= 15 is 0 Å². The van der Waals surface area contributed by atoms with Gasteiger partial charge in [0.05, 0.1) is 56.4 Å². The van der Waals surface area contributed by atoms with Gasteiger partial charge in [-0.15, -0.1) is 0 Å². The molecule has 0 bridgehead atoms. The molecule has 1 rings (SSSR count). The molecular weight excluding hydrogens is 332 g/mol. The predicted molar refractivity (Wildman–Crippen MR) is 105 cm³/mol. The number of quaternary nitrogens is 4. The Balaban J connectivity index is 2.73. The van der Waals surface area contributed by atoms with Crippen LogP contribution in [0.15, 0.2) is 0 Å². The van der Waals surface area contributed by atoms with E-state index < -0.39 is 6.10 Å². The molecule has 0 amide bonds. The van der Waals surface area contributed by atoms with Gasteiger partial charge in [-0.3, -0.25) is 0 Å². The lowest BCUT2D eigenvalue weighted by Crippen LogP contribution is -2.57. The van der Waals surface area contributed by atoms with Crippen LogP contribution in [0.4, 0.5) is 0 Å². The summed E-state index contributed by atoms with van der Waals surface area (Å²) in [5.74, 6) is 0. The van der Waals surface area contributed by atoms with Gasteiger partial charge in [0.15, 0.2) is 18.3 Å². The Morgan fingerprint density at radius 1 is 0.769 bits per heavy atom. The Hall–Kier alpha value is -0.280. The molecule has 0 spiro atoms. The first kappa shape index (κ1) is 23.8. The Morgan fingerprint density at radius 2 is 1.08 bits per heavy atom. The third-order valence-electron chi connectivity index (χ3n) is 5.30. The summed E-state index contributed by atoms with van der Waals surface area (Å²) < 4.78 is 2.83. The fourth-order valence-corrected chi connectivity index (χ4v) is 4.47. The predicted octanol–water partition coefficient (Wildman–Crippen LogP) is -1.61. The molecule has 7 heteroatoms. The summed E-state index contributed by atoms with van der Waals surface area (Å²) in [5, 5.41) is 31.7. The van der Waals surface area contributed by atoms with E-state index in [4.69, 9.17) is 0 Å². The van der Waals surface area contributed by atoms with E-state index in [0.717, 1.165) is 22.1 Å². The van der Waals surface area contributed by atoms with Crippen LogP contribution in [0.3, 0.4) is 0 Å². The second kappa shape index (κ2) is 8.39. The third-order valence-corrected chi connectivity index (χ3v) is 5.30. The van der Waals surface area contributed by atoms with Crippen LogP contribution in [0, 0.1) is 0 Å². The maximum Gasteiger partial charge on any atom is 0.152 e. The van der Waals surface area contributed by atoms with Gasteiger partial charge in [0.1, 0.15) is 52.4 Å². The number of hydrogen-bond donors (Lipinski definition) is 3. The highest BCUT2D eigenvalue weighted by molar-refractivity contribution is 4.64. The fraction of sp³-hybridized carbons (Fsp3) is 1.00. The molecule has 156 valence electrons. The van der Waals surface area contributed by atoms with Crippen molar-refractivity contribution in [2.24, 2.45) is 0 Å². The minimum absolute atomic E-state index is 0.382. The number of nitrogens with zero attached hydrogens (tertiary/aromatic N) is 4. The molecule has 0 aliphatic carbocycles. The van der Waals surface area contributed by atoms with Gasteiger partial charge < -0.3 is 33.3 Å². The summed E-state index contributed by atoms with van der Waals surface area (Å²) in [5.41, 5.74) is 0. The summed E-state index contributed by atoms with van der Waals surface area (Å²) in [7, 11) is 16.8. The molecule has 0 radical (unpaired) electrons. The molecule has 0 aromatic heterocycles. The average molecular weight is 379 g/mol. The monoisotopic (exact) mass is 378 g/mol. The summed E-state index contributed by atoms with van der Waals surface area (Å²) in [6.45, 7) is 5.86. The number of aliphatic hydroxyl groups excluding tert-OH is 3. The molecule has 4 atom stereocenters. The maximum absolute atomic E-state index is 10.6. The standard InChI is InChI=1S/C19H46N4O3/c1-20(2,3)11-17(24)13-22(7)9-10-23(8,16-19(26)15-22)14-18(25)12-21(4,5)6/h17-19,24-26H,9-16H2,1-8H3/q+4. The summed E-state index contributed by atoms with van der Waals surface area (Å²) in [4.78, 5) is 0. The highest BCUT2D eigenvalue weighted by Gasteiger charge is 2.41.